The van der Waals surface area contributed by atoms with Crippen molar-refractivity contribution in [2.24, 2.45) is 5.41 Å². The smallest absolute Gasteiger partial charge is 0.398 e. The number of amides is 3. The summed E-state index contributed by atoms with van der Waals surface area (Å²) in [5.74, 6) is -0.165. The van der Waals surface area contributed by atoms with E-state index < -0.39 is 11.5 Å². The average Bonchev–Trinajstić information content (AvgIpc) is 3.69. The number of nitrogens with two attached hydrogens (primary N) is 1. The summed E-state index contributed by atoms with van der Waals surface area (Å²) in [5, 5.41) is 28.3. The molecule has 0 bridgehead atoms. The molecule has 6 rings (SSSR count). The van der Waals surface area contributed by atoms with E-state index in [0.717, 1.165) is 11.1 Å². The number of alkyl carbamates (subject to hydrolysis) is 1. The van der Waals surface area contributed by atoms with E-state index in [-0.39, 0.29) is 30.0 Å². The largest absolute Gasteiger partial charge is 0.413 e. The molecular weight excluding hydrogens is 620 g/mol. The molecule has 12 nitrogen and oxygen atoms in total. The molecular formula is C37H38N8O4. The number of ether oxygens (including phenoxy) is 1. The fourth-order valence-electron chi connectivity index (χ4n) is 6.85. The van der Waals surface area contributed by atoms with Gasteiger partial charge in [-0.2, -0.15) is 5.26 Å². The van der Waals surface area contributed by atoms with Gasteiger partial charge >= 0.3 is 6.09 Å². The maximum atomic E-state index is 13.9. The monoisotopic (exact) mass is 658 g/mol. The van der Waals surface area contributed by atoms with Crippen molar-refractivity contribution in [2.45, 2.75) is 19.3 Å². The summed E-state index contributed by atoms with van der Waals surface area (Å²) in [6, 6.07) is 21.5. The molecule has 0 radical (unpaired) electrons. The Hall–Kier alpha value is -5.80. The summed E-state index contributed by atoms with van der Waals surface area (Å²) in [7, 11) is 1.43. The lowest BCUT2D eigenvalue weighted by Gasteiger charge is -2.29. The van der Waals surface area contributed by atoms with Gasteiger partial charge < -0.3 is 25.6 Å². The van der Waals surface area contributed by atoms with Crippen LogP contribution in [0.2, 0.25) is 0 Å². The van der Waals surface area contributed by atoms with Crippen LogP contribution >= 0.6 is 0 Å². The molecule has 49 heavy (non-hydrogen) atoms. The Balaban J connectivity index is 1.05. The molecule has 0 aliphatic carbocycles. The topological polar surface area (TPSA) is 180 Å². The Labute approximate surface area is 284 Å². The van der Waals surface area contributed by atoms with Gasteiger partial charge in [-0.25, -0.2) is 4.79 Å². The minimum atomic E-state index is -0.693. The molecule has 0 unspecified atom stereocenters. The maximum absolute atomic E-state index is 13.9. The lowest BCUT2D eigenvalue weighted by molar-refractivity contribution is -0.132. The molecule has 250 valence electrons. The third-order valence-electron chi connectivity index (χ3n) is 9.68. The lowest BCUT2D eigenvalue weighted by atomic mass is 9.85. The normalized spacial score (nSPS) is 19.0. The Bertz CT molecular complexity index is 1910. The minimum Gasteiger partial charge on any atom is -0.398 e. The van der Waals surface area contributed by atoms with Crippen LogP contribution in [0.15, 0.2) is 72.8 Å². The van der Waals surface area contributed by atoms with Crippen molar-refractivity contribution in [3.05, 3.63) is 101 Å². The van der Waals surface area contributed by atoms with Crippen LogP contribution in [-0.2, 0) is 14.3 Å². The van der Waals surface area contributed by atoms with Gasteiger partial charge in [0.05, 0.1) is 29.3 Å². The van der Waals surface area contributed by atoms with E-state index in [1.807, 2.05) is 29.2 Å². The maximum Gasteiger partial charge on any atom is 0.413 e. The number of benzene rings is 3. The predicted molar refractivity (Wildman–Crippen MR) is 186 cm³/mol. The van der Waals surface area contributed by atoms with E-state index in [1.54, 1.807) is 53.4 Å². The number of nitrogen functional groups attached to an aromatic ring is 1. The lowest BCUT2D eigenvalue weighted by Crippen LogP contribution is -2.43. The van der Waals surface area contributed by atoms with E-state index >= 15 is 0 Å². The summed E-state index contributed by atoms with van der Waals surface area (Å²) in [5.41, 5.74) is 11.1. The van der Waals surface area contributed by atoms with Crippen molar-refractivity contribution in [1.82, 2.24) is 15.1 Å². The highest BCUT2D eigenvalue weighted by molar-refractivity contribution is 6.15. The molecule has 0 aromatic heterocycles. The van der Waals surface area contributed by atoms with E-state index in [1.165, 1.54) is 7.05 Å². The van der Waals surface area contributed by atoms with Gasteiger partial charge in [0.1, 0.15) is 0 Å². The number of hydrogen-bond acceptors (Lipinski definition) is 9. The number of anilines is 2. The second kappa shape index (κ2) is 13.7. The standard InChI is InChI=1S/C37H38N8O4/c1-42-36(48)49-34(41)27-7-5-25(6-8-27)26-11-15-44(16-12-26)32(46)22-43-17-13-37(23-43)14-18-45(35(37)47)29-9-10-31(39)30(20-29)33(40)28-4-2-3-24(19-28)21-38/h2-11,19-20,40-41H,12-18,22-23,39H2,1H3,(H,42,48)/t37-/m0/s1. The van der Waals surface area contributed by atoms with Gasteiger partial charge in [-0.1, -0.05) is 30.3 Å². The Morgan fingerprint density at radius 1 is 1.02 bits per heavy atom. The van der Waals surface area contributed by atoms with Crippen LogP contribution in [0.5, 0.6) is 0 Å². The Morgan fingerprint density at radius 2 is 1.80 bits per heavy atom. The number of carbonyl (C=O) groups is 3. The zero-order valence-corrected chi connectivity index (χ0v) is 27.3. The van der Waals surface area contributed by atoms with Crippen molar-refractivity contribution in [2.75, 3.05) is 56.9 Å². The molecule has 3 aromatic rings. The number of nitrogens with one attached hydrogen (secondary N) is 3. The van der Waals surface area contributed by atoms with Crippen LogP contribution in [0.4, 0.5) is 16.2 Å². The molecule has 1 atom stereocenters. The summed E-state index contributed by atoms with van der Waals surface area (Å²) in [6.07, 6.45) is 3.42. The first-order chi connectivity index (χ1) is 23.6. The zero-order chi connectivity index (χ0) is 34.7. The van der Waals surface area contributed by atoms with Crippen molar-refractivity contribution >= 4 is 46.5 Å². The highest BCUT2D eigenvalue weighted by Gasteiger charge is 2.51. The number of likely N-dealkylation sites (tertiary alicyclic amines) is 1. The molecule has 12 heteroatoms. The van der Waals surface area contributed by atoms with Gasteiger partial charge in [-0.15, -0.1) is 0 Å². The van der Waals surface area contributed by atoms with Gasteiger partial charge in [0.15, 0.2) is 0 Å². The minimum absolute atomic E-state index is 0.0306. The molecule has 3 aliphatic rings. The summed E-state index contributed by atoms with van der Waals surface area (Å²) in [6.45, 7) is 3.07. The molecule has 3 aromatic carbocycles. The van der Waals surface area contributed by atoms with Crippen molar-refractivity contribution in [1.29, 1.82) is 16.1 Å². The van der Waals surface area contributed by atoms with Crippen LogP contribution in [0, 0.1) is 27.6 Å². The molecule has 0 saturated carbocycles. The molecule has 1 spiro atoms. The number of hydrogen-bond donors (Lipinski definition) is 4. The van der Waals surface area contributed by atoms with Crippen LogP contribution in [0.3, 0.4) is 0 Å². The Kier molecular flexibility index (Phi) is 9.29. The SMILES string of the molecule is CNC(=O)OC(=N)c1ccc(C2=CCN(C(=O)CN3CC[C@]4(CCN(c5ccc(N)c(C(=N)c6cccc(C#N)c6)c5)C4=O)C3)CC2)cc1. The van der Waals surface area contributed by atoms with E-state index in [0.29, 0.717) is 85.6 Å². The van der Waals surface area contributed by atoms with Crippen LogP contribution < -0.4 is 16.0 Å². The summed E-state index contributed by atoms with van der Waals surface area (Å²) in [4.78, 5) is 44.3. The third kappa shape index (κ3) is 6.79. The summed E-state index contributed by atoms with van der Waals surface area (Å²) >= 11 is 0. The highest BCUT2D eigenvalue weighted by atomic mass is 16.6. The molecule has 5 N–H and O–H groups in total. The summed E-state index contributed by atoms with van der Waals surface area (Å²) < 4.78 is 4.89. The van der Waals surface area contributed by atoms with Crippen LogP contribution in [0.25, 0.3) is 5.57 Å². The van der Waals surface area contributed by atoms with Gasteiger partial charge in [-0.3, -0.25) is 25.3 Å². The average molecular weight is 659 g/mol. The first-order valence-electron chi connectivity index (χ1n) is 16.2. The van der Waals surface area contributed by atoms with Crippen molar-refractivity contribution in [3.8, 4) is 6.07 Å². The molecule has 3 amide bonds. The van der Waals surface area contributed by atoms with Crippen LogP contribution in [-0.4, -0.2) is 85.6 Å². The fraction of sp³-hybridized carbons (Fsp3) is 0.297. The second-order valence-corrected chi connectivity index (χ2v) is 12.7. The zero-order valence-electron chi connectivity index (χ0n) is 27.3. The second-order valence-electron chi connectivity index (χ2n) is 12.7. The van der Waals surface area contributed by atoms with Gasteiger partial charge in [0, 0.05) is 61.3 Å². The molecule has 3 heterocycles. The van der Waals surface area contributed by atoms with E-state index in [9.17, 15) is 19.6 Å². The first-order valence-corrected chi connectivity index (χ1v) is 16.2. The van der Waals surface area contributed by atoms with Gasteiger partial charge in [-0.05, 0) is 79.4 Å². The molecule has 2 fully saturated rings. The number of rotatable bonds is 7. The van der Waals surface area contributed by atoms with Gasteiger partial charge in [0.25, 0.3) is 0 Å². The third-order valence-corrected chi connectivity index (χ3v) is 9.68. The number of carbonyl (C=O) groups excluding carboxylic acids is 3. The quantitative estimate of drug-likeness (QED) is 0.168. The van der Waals surface area contributed by atoms with Crippen LogP contribution in [0.1, 0.15) is 47.1 Å². The Morgan fingerprint density at radius 3 is 2.51 bits per heavy atom. The highest BCUT2D eigenvalue weighted by Crippen LogP contribution is 2.43. The first kappa shape index (κ1) is 33.1. The van der Waals surface area contributed by atoms with Crippen molar-refractivity contribution in [3.63, 3.8) is 0 Å². The number of nitriles is 1. The predicted octanol–water partition coefficient (Wildman–Crippen LogP) is 3.98. The van der Waals surface area contributed by atoms with E-state index in [2.05, 4.69) is 16.3 Å². The molecule has 2 saturated heterocycles. The van der Waals surface area contributed by atoms with E-state index in [4.69, 9.17) is 21.3 Å². The van der Waals surface area contributed by atoms with Crippen molar-refractivity contribution < 1.29 is 19.1 Å². The van der Waals surface area contributed by atoms with Gasteiger partial charge in [0.2, 0.25) is 17.7 Å². The number of nitrogens with zero attached hydrogens (tertiary/aromatic N) is 4. The molecule has 3 aliphatic heterocycles. The fourth-order valence-corrected chi connectivity index (χ4v) is 6.85.